The number of anilines is 2. The Morgan fingerprint density at radius 3 is 1.26 bits per heavy atom. The van der Waals surface area contributed by atoms with Crippen LogP contribution in [0.4, 0.5) is 11.6 Å². The number of hydrogen-bond donors (Lipinski definition) is 2. The highest BCUT2D eigenvalue weighted by atomic mass is 32.2. The van der Waals surface area contributed by atoms with E-state index in [1.54, 1.807) is 62.4 Å². The van der Waals surface area contributed by atoms with E-state index in [0.717, 1.165) is 55.7 Å². The van der Waals surface area contributed by atoms with E-state index < -0.39 is 32.0 Å². The van der Waals surface area contributed by atoms with Crippen molar-refractivity contribution in [1.29, 1.82) is 0 Å². The lowest BCUT2D eigenvalue weighted by Crippen LogP contribution is -2.48. The largest absolute Gasteiger partial charge is 0.456 e. The summed E-state index contributed by atoms with van der Waals surface area (Å²) >= 11 is 0. The average molecular weight is 935 g/mol. The summed E-state index contributed by atoms with van der Waals surface area (Å²) < 4.78 is 65.6. The third-order valence-electron chi connectivity index (χ3n) is 11.8. The van der Waals surface area contributed by atoms with Crippen molar-refractivity contribution >= 4 is 65.2 Å². The molecule has 18 heteroatoms. The van der Waals surface area contributed by atoms with Crippen molar-refractivity contribution < 1.29 is 35.9 Å². The highest BCUT2D eigenvalue weighted by molar-refractivity contribution is 7.89. The zero-order valence-electron chi connectivity index (χ0n) is 37.1. The van der Waals surface area contributed by atoms with E-state index in [4.69, 9.17) is 19.4 Å². The fourth-order valence-electron chi connectivity index (χ4n) is 8.31. The van der Waals surface area contributed by atoms with Gasteiger partial charge in [-0.3, -0.25) is 9.80 Å². The number of aromatic nitrogens is 2. The zero-order valence-corrected chi connectivity index (χ0v) is 38.7. The number of sulfonamides is 2. The molecular formula is C48H54N8O8S2. The number of pyridine rings is 2. The van der Waals surface area contributed by atoms with Crippen LogP contribution in [-0.2, 0) is 39.1 Å². The monoisotopic (exact) mass is 934 g/mol. The minimum atomic E-state index is -3.57. The van der Waals surface area contributed by atoms with Gasteiger partial charge in [-0.25, -0.2) is 45.8 Å². The van der Waals surface area contributed by atoms with Crippen LogP contribution in [0.2, 0.25) is 0 Å². The molecule has 4 aromatic carbocycles. The lowest BCUT2D eigenvalue weighted by Gasteiger charge is -2.36. The number of hydrogen-bond acceptors (Lipinski definition) is 14. The Balaban J connectivity index is 0.781. The molecule has 0 aliphatic carbocycles. The van der Waals surface area contributed by atoms with Crippen molar-refractivity contribution in [1.82, 2.24) is 29.2 Å². The third-order valence-corrected chi connectivity index (χ3v) is 14.9. The molecule has 0 unspecified atom stereocenters. The molecule has 0 saturated carbocycles. The van der Waals surface area contributed by atoms with E-state index in [1.165, 1.54) is 0 Å². The predicted octanol–water partition coefficient (Wildman–Crippen LogP) is 4.74. The molecular weight excluding hydrogens is 881 g/mol. The molecule has 16 nitrogen and oxygen atoms in total. The molecule has 0 amide bonds. The Labute approximate surface area is 385 Å². The van der Waals surface area contributed by atoms with Crippen LogP contribution >= 0.6 is 0 Å². The molecule has 8 rings (SSSR count). The van der Waals surface area contributed by atoms with E-state index in [1.807, 2.05) is 60.7 Å². The number of rotatable bonds is 16. The first-order valence-electron chi connectivity index (χ1n) is 22.2. The first-order valence-corrected chi connectivity index (χ1v) is 25.2. The summed E-state index contributed by atoms with van der Waals surface area (Å²) in [5, 5.41) is 4.09. The normalized spacial score (nSPS) is 15.3. The van der Waals surface area contributed by atoms with Crippen molar-refractivity contribution in [2.45, 2.75) is 23.6 Å². The Hall–Kier alpha value is -6.02. The maximum atomic E-state index is 12.6. The van der Waals surface area contributed by atoms with E-state index in [-0.39, 0.29) is 23.0 Å². The first kappa shape index (κ1) is 46.5. The molecule has 346 valence electrons. The van der Waals surface area contributed by atoms with Crippen LogP contribution in [-0.4, -0.2) is 140 Å². The van der Waals surface area contributed by atoms with Crippen LogP contribution in [0.3, 0.4) is 0 Å². The van der Waals surface area contributed by atoms with Gasteiger partial charge in [0.15, 0.2) is 0 Å². The fraction of sp³-hybridized carbons (Fsp3) is 0.333. The van der Waals surface area contributed by atoms with Crippen LogP contribution in [0.1, 0.15) is 13.8 Å². The molecule has 0 bridgehead atoms. The second-order valence-electron chi connectivity index (χ2n) is 16.1. The lowest BCUT2D eigenvalue weighted by atomic mass is 10.1. The van der Waals surface area contributed by atoms with Gasteiger partial charge in [-0.1, -0.05) is 86.6 Å². The molecule has 2 saturated heterocycles. The Kier molecular flexibility index (Phi) is 14.6. The Bertz CT molecular complexity index is 2710. The number of nitrogens with one attached hydrogen (secondary N) is 2. The van der Waals surface area contributed by atoms with Crippen LogP contribution in [0.25, 0.3) is 44.1 Å². The van der Waals surface area contributed by atoms with Gasteiger partial charge in [0, 0.05) is 100 Å². The molecule has 0 radical (unpaired) electrons. The molecule has 2 N–H and O–H groups in total. The molecule has 2 aromatic heterocycles. The highest BCUT2D eigenvalue weighted by Crippen LogP contribution is 2.33. The number of carbonyl (C=O) groups excluding carboxylic acids is 2. The van der Waals surface area contributed by atoms with Crippen molar-refractivity contribution in [3.8, 4) is 22.5 Å². The second kappa shape index (κ2) is 20.7. The van der Waals surface area contributed by atoms with Crippen molar-refractivity contribution in [2.75, 3.05) is 102 Å². The minimum Gasteiger partial charge on any atom is -0.456 e. The van der Waals surface area contributed by atoms with E-state index in [2.05, 4.69) is 29.0 Å². The quantitative estimate of drug-likeness (QED) is 0.100. The summed E-state index contributed by atoms with van der Waals surface area (Å²) in [4.78, 5) is 44.5. The average Bonchev–Trinajstić information content (AvgIpc) is 3.33. The van der Waals surface area contributed by atoms with Gasteiger partial charge in [0.25, 0.3) is 0 Å². The van der Waals surface area contributed by atoms with Crippen LogP contribution in [0, 0.1) is 0 Å². The van der Waals surface area contributed by atoms with E-state index >= 15 is 0 Å². The van der Waals surface area contributed by atoms with Gasteiger partial charge in [0.05, 0.1) is 21.2 Å². The van der Waals surface area contributed by atoms with Crippen LogP contribution in [0.15, 0.2) is 119 Å². The lowest BCUT2D eigenvalue weighted by molar-refractivity contribution is -0.168. The van der Waals surface area contributed by atoms with Gasteiger partial charge in [0.1, 0.15) is 24.8 Å². The van der Waals surface area contributed by atoms with Gasteiger partial charge in [-0.15, -0.1) is 0 Å². The van der Waals surface area contributed by atoms with Crippen LogP contribution in [0.5, 0.6) is 0 Å². The number of ether oxygens (including phenoxy) is 2. The van der Waals surface area contributed by atoms with Gasteiger partial charge in [-0.05, 0) is 47.2 Å². The highest BCUT2D eigenvalue weighted by Gasteiger charge is 2.25. The van der Waals surface area contributed by atoms with Gasteiger partial charge < -0.3 is 19.3 Å². The van der Waals surface area contributed by atoms with E-state index in [9.17, 15) is 26.4 Å². The minimum absolute atomic E-state index is 0.0552. The zero-order chi connectivity index (χ0) is 46.3. The molecule has 2 fully saturated rings. The third kappa shape index (κ3) is 10.8. The number of nitrogens with zero attached hydrogens (tertiary/aromatic N) is 6. The van der Waals surface area contributed by atoms with Crippen molar-refractivity contribution in [3.63, 3.8) is 0 Å². The molecule has 4 heterocycles. The standard InChI is InChI=1S/C48H54N8O8S2/c1-3-49-65(59,60)39-17-13-35(14-18-39)43-33-37-9-5-7-11-41(37)45(51-43)55-25-21-53(22-26-55)29-31-63-47(57)48(58)64-32-30-54-23-27-56(28-24-54)46-42-12-8-6-10-38(42)34-44(52-46)36-15-19-40(20-16-36)66(61,62)50-4-2/h5-20,33-34,49-50H,3-4,21-32H2,1-2H3. The Morgan fingerprint density at radius 2 is 0.894 bits per heavy atom. The summed E-state index contributed by atoms with van der Waals surface area (Å²) in [5.74, 6) is -0.323. The summed E-state index contributed by atoms with van der Waals surface area (Å²) in [7, 11) is -7.14. The summed E-state index contributed by atoms with van der Waals surface area (Å²) in [6.07, 6.45) is 0. The molecule has 66 heavy (non-hydrogen) atoms. The molecule has 6 aromatic rings. The topological polar surface area (TPSA) is 184 Å². The van der Waals surface area contributed by atoms with Crippen molar-refractivity contribution in [2.24, 2.45) is 0 Å². The maximum Gasteiger partial charge on any atom is 0.417 e. The van der Waals surface area contributed by atoms with E-state index in [0.29, 0.717) is 78.5 Å². The Morgan fingerprint density at radius 1 is 0.530 bits per heavy atom. The summed E-state index contributed by atoms with van der Waals surface area (Å²) in [5.41, 5.74) is 3.11. The SMILES string of the molecule is CCNS(=O)(=O)c1ccc(-c2cc3ccccc3c(N3CCN(CCOC(=O)C(=O)OCCN4CCN(c5nc(-c6ccc(S(=O)(=O)NCC)cc6)cc6ccccc56)CC4)CC3)n2)cc1. The van der Waals surface area contributed by atoms with Crippen LogP contribution < -0.4 is 19.2 Å². The number of benzene rings is 4. The molecule has 2 aliphatic heterocycles. The molecule has 2 aliphatic rings. The maximum absolute atomic E-state index is 12.6. The van der Waals surface area contributed by atoms with Gasteiger partial charge in [0.2, 0.25) is 20.0 Å². The van der Waals surface area contributed by atoms with Crippen molar-refractivity contribution in [3.05, 3.63) is 109 Å². The first-order chi connectivity index (χ1) is 31.9. The van der Waals surface area contributed by atoms with Gasteiger partial charge in [-0.2, -0.15) is 0 Å². The number of fused-ring (bicyclic) bond motifs is 2. The number of esters is 2. The summed E-state index contributed by atoms with van der Waals surface area (Å²) in [6, 6.07) is 33.6. The number of carbonyl (C=O) groups is 2. The number of piperazine rings is 2. The fourth-order valence-corrected chi connectivity index (χ4v) is 10.4. The molecule has 0 atom stereocenters. The molecule has 0 spiro atoms. The summed E-state index contributed by atoms with van der Waals surface area (Å²) in [6.45, 7) is 10.7. The van der Waals surface area contributed by atoms with Gasteiger partial charge >= 0.3 is 11.9 Å². The predicted molar refractivity (Wildman–Crippen MR) is 255 cm³/mol. The smallest absolute Gasteiger partial charge is 0.417 e. The second-order valence-corrected chi connectivity index (χ2v) is 19.6.